The molecule has 1 aliphatic carbocycles. The Labute approximate surface area is 142 Å². The van der Waals surface area contributed by atoms with Gasteiger partial charge < -0.3 is 9.47 Å². The average molecular weight is 324 g/mol. The normalized spacial score (nSPS) is 27.2. The molecule has 126 valence electrons. The zero-order valence-electron chi connectivity index (χ0n) is 14.3. The van der Waals surface area contributed by atoms with Gasteiger partial charge in [-0.25, -0.2) is 4.98 Å². The first-order valence-corrected chi connectivity index (χ1v) is 8.66. The summed E-state index contributed by atoms with van der Waals surface area (Å²) in [7, 11) is 4.13. The number of carbonyl (C=O) groups is 1. The van der Waals surface area contributed by atoms with Crippen LogP contribution in [0.15, 0.2) is 42.7 Å². The number of hydrogen-bond donors (Lipinski definition) is 0. The molecule has 5 nitrogen and oxygen atoms in total. The van der Waals surface area contributed by atoms with Gasteiger partial charge in [-0.3, -0.25) is 9.69 Å². The van der Waals surface area contributed by atoms with E-state index in [4.69, 9.17) is 0 Å². The molecule has 2 heterocycles. The van der Waals surface area contributed by atoms with Gasteiger partial charge >= 0.3 is 0 Å². The molecule has 24 heavy (non-hydrogen) atoms. The van der Waals surface area contributed by atoms with Crippen LogP contribution < -0.4 is 0 Å². The molecule has 2 aromatic rings. The Balaban J connectivity index is 1.45. The third-order valence-corrected chi connectivity index (χ3v) is 5.45. The molecule has 1 aromatic heterocycles. The molecule has 1 aromatic carbocycles. The minimum atomic E-state index is 0.165. The number of amides is 1. The van der Waals surface area contributed by atoms with Crippen molar-refractivity contribution in [1.29, 1.82) is 0 Å². The van der Waals surface area contributed by atoms with Crippen LogP contribution in [0.1, 0.15) is 29.8 Å². The summed E-state index contributed by atoms with van der Waals surface area (Å²) >= 11 is 0. The number of nitrogens with zero attached hydrogens (tertiary/aromatic N) is 4. The second kappa shape index (κ2) is 6.06. The lowest BCUT2D eigenvalue weighted by Gasteiger charge is -2.39. The van der Waals surface area contributed by atoms with E-state index in [1.165, 1.54) is 5.56 Å². The average Bonchev–Trinajstić information content (AvgIpc) is 3.30. The van der Waals surface area contributed by atoms with E-state index in [0.29, 0.717) is 11.8 Å². The highest BCUT2D eigenvalue weighted by Gasteiger charge is 2.46. The number of aromatic nitrogens is 2. The molecule has 2 fully saturated rings. The number of hydrogen-bond acceptors (Lipinski definition) is 3. The lowest BCUT2D eigenvalue weighted by atomic mass is 10.1. The second-order valence-corrected chi connectivity index (χ2v) is 7.04. The van der Waals surface area contributed by atoms with Gasteiger partial charge in [-0.2, -0.15) is 0 Å². The Morgan fingerprint density at radius 2 is 1.96 bits per heavy atom. The Morgan fingerprint density at radius 1 is 1.17 bits per heavy atom. The molecule has 0 spiro atoms. The standard InChI is InChI=1S/C19H24N4O/c1-21-10-11-23(13-17(21)18-20-8-9-22(18)2)19(24)16-12-15(16)14-6-4-3-5-7-14/h3-9,15-17H,10-13H2,1-2H3/t15-,16-,17-/m1/s1. The highest BCUT2D eigenvalue weighted by atomic mass is 16.2. The van der Waals surface area contributed by atoms with Crippen LogP contribution in [-0.2, 0) is 11.8 Å². The molecule has 0 radical (unpaired) electrons. The molecular weight excluding hydrogens is 300 g/mol. The molecule has 1 saturated carbocycles. The van der Waals surface area contributed by atoms with Crippen molar-refractivity contribution in [1.82, 2.24) is 19.4 Å². The van der Waals surface area contributed by atoms with Crippen molar-refractivity contribution >= 4 is 5.91 Å². The number of benzene rings is 1. The lowest BCUT2D eigenvalue weighted by Crippen LogP contribution is -2.50. The monoisotopic (exact) mass is 324 g/mol. The maximum absolute atomic E-state index is 12.9. The maximum Gasteiger partial charge on any atom is 0.226 e. The first-order valence-electron chi connectivity index (χ1n) is 8.66. The van der Waals surface area contributed by atoms with Crippen molar-refractivity contribution < 1.29 is 4.79 Å². The van der Waals surface area contributed by atoms with Crippen LogP contribution in [0.25, 0.3) is 0 Å². The molecular formula is C19H24N4O. The molecule has 1 aliphatic heterocycles. The fourth-order valence-electron chi connectivity index (χ4n) is 3.82. The number of aryl methyl sites for hydroxylation is 1. The van der Waals surface area contributed by atoms with Crippen LogP contribution in [0, 0.1) is 5.92 Å². The van der Waals surface area contributed by atoms with E-state index in [1.807, 2.05) is 30.4 Å². The largest absolute Gasteiger partial charge is 0.339 e. The van der Waals surface area contributed by atoms with Gasteiger partial charge in [-0.15, -0.1) is 0 Å². The Hall–Kier alpha value is -2.14. The number of carbonyl (C=O) groups excluding carboxylic acids is 1. The van der Waals surface area contributed by atoms with E-state index in [-0.39, 0.29) is 12.0 Å². The third kappa shape index (κ3) is 2.73. The van der Waals surface area contributed by atoms with Crippen LogP contribution in [-0.4, -0.2) is 51.9 Å². The van der Waals surface area contributed by atoms with Crippen molar-refractivity contribution in [3.8, 4) is 0 Å². The predicted octanol–water partition coefficient (Wildman–Crippen LogP) is 2.04. The maximum atomic E-state index is 12.9. The molecule has 5 heteroatoms. The minimum absolute atomic E-state index is 0.165. The second-order valence-electron chi connectivity index (χ2n) is 7.04. The number of likely N-dealkylation sites (N-methyl/N-ethyl adjacent to an activating group) is 1. The molecule has 1 amide bonds. The molecule has 3 atom stereocenters. The summed E-state index contributed by atoms with van der Waals surface area (Å²) in [6, 6.07) is 10.6. The van der Waals surface area contributed by atoms with Crippen molar-refractivity contribution in [3.05, 3.63) is 54.1 Å². The highest BCUT2D eigenvalue weighted by Crippen LogP contribution is 2.48. The Bertz CT molecular complexity index is 726. The molecule has 0 bridgehead atoms. The van der Waals surface area contributed by atoms with Crippen molar-refractivity contribution in [2.24, 2.45) is 13.0 Å². The molecule has 4 rings (SSSR count). The van der Waals surface area contributed by atoms with Crippen LogP contribution >= 0.6 is 0 Å². The third-order valence-electron chi connectivity index (χ3n) is 5.45. The van der Waals surface area contributed by atoms with E-state index in [1.54, 1.807) is 0 Å². The summed E-state index contributed by atoms with van der Waals surface area (Å²) in [6.07, 6.45) is 4.79. The molecule has 1 saturated heterocycles. The van der Waals surface area contributed by atoms with Gasteiger partial charge in [-0.05, 0) is 24.9 Å². The first-order chi connectivity index (χ1) is 11.6. The van der Waals surface area contributed by atoms with Crippen molar-refractivity contribution in [2.75, 3.05) is 26.7 Å². The van der Waals surface area contributed by atoms with E-state index in [9.17, 15) is 4.79 Å². The van der Waals surface area contributed by atoms with E-state index >= 15 is 0 Å². The summed E-state index contributed by atoms with van der Waals surface area (Å²) < 4.78 is 2.05. The lowest BCUT2D eigenvalue weighted by molar-refractivity contribution is -0.135. The Kier molecular flexibility index (Phi) is 3.88. The fourth-order valence-corrected chi connectivity index (χ4v) is 3.82. The summed E-state index contributed by atoms with van der Waals surface area (Å²) in [4.78, 5) is 21.8. The molecule has 0 N–H and O–H groups in total. The molecule has 2 aliphatic rings. The minimum Gasteiger partial charge on any atom is -0.339 e. The van der Waals surface area contributed by atoms with Crippen molar-refractivity contribution in [2.45, 2.75) is 18.4 Å². The smallest absolute Gasteiger partial charge is 0.226 e. The summed E-state index contributed by atoms with van der Waals surface area (Å²) in [5.74, 6) is 1.92. The van der Waals surface area contributed by atoms with Crippen LogP contribution in [0.5, 0.6) is 0 Å². The van der Waals surface area contributed by atoms with E-state index in [0.717, 1.165) is 31.9 Å². The summed E-state index contributed by atoms with van der Waals surface area (Å²) in [5.41, 5.74) is 1.30. The summed E-state index contributed by atoms with van der Waals surface area (Å²) in [6.45, 7) is 2.44. The number of rotatable bonds is 3. The van der Waals surface area contributed by atoms with Gasteiger partial charge in [0.2, 0.25) is 5.91 Å². The van der Waals surface area contributed by atoms with Crippen LogP contribution in [0.4, 0.5) is 0 Å². The van der Waals surface area contributed by atoms with Gasteiger partial charge in [0.1, 0.15) is 5.82 Å². The van der Waals surface area contributed by atoms with E-state index < -0.39 is 0 Å². The number of imidazole rings is 1. The summed E-state index contributed by atoms with van der Waals surface area (Å²) in [5, 5.41) is 0. The predicted molar refractivity (Wildman–Crippen MR) is 92.4 cm³/mol. The topological polar surface area (TPSA) is 41.4 Å². The van der Waals surface area contributed by atoms with Crippen LogP contribution in [0.2, 0.25) is 0 Å². The van der Waals surface area contributed by atoms with Gasteiger partial charge in [0.05, 0.1) is 6.04 Å². The molecule has 0 unspecified atom stereocenters. The fraction of sp³-hybridized carbons (Fsp3) is 0.474. The quantitative estimate of drug-likeness (QED) is 0.867. The highest BCUT2D eigenvalue weighted by molar-refractivity contribution is 5.83. The van der Waals surface area contributed by atoms with Crippen molar-refractivity contribution in [3.63, 3.8) is 0 Å². The van der Waals surface area contributed by atoms with Gasteiger partial charge in [0.25, 0.3) is 0 Å². The SMILES string of the molecule is CN1CCN(C(=O)[C@@H]2C[C@@H]2c2ccccc2)C[C@@H]1c1nccn1C. The number of piperazine rings is 1. The van der Waals surface area contributed by atoms with E-state index in [2.05, 4.69) is 45.8 Å². The Morgan fingerprint density at radius 3 is 2.67 bits per heavy atom. The first kappa shape index (κ1) is 15.4. The van der Waals surface area contributed by atoms with Gasteiger partial charge in [-0.1, -0.05) is 30.3 Å². The van der Waals surface area contributed by atoms with Gasteiger partial charge in [0.15, 0.2) is 0 Å². The van der Waals surface area contributed by atoms with Crippen LogP contribution in [0.3, 0.4) is 0 Å². The zero-order chi connectivity index (χ0) is 16.7. The van der Waals surface area contributed by atoms with Gasteiger partial charge in [0, 0.05) is 45.0 Å². The zero-order valence-corrected chi connectivity index (χ0v) is 14.3.